The summed E-state index contributed by atoms with van der Waals surface area (Å²) < 4.78 is 12.3. The third-order valence-corrected chi connectivity index (χ3v) is 5.07. The monoisotopic (exact) mass is 403 g/mol. The average Bonchev–Trinajstić information content (AvgIpc) is 3.22. The Bertz CT molecular complexity index is 1150. The Hall–Kier alpha value is -3.59. The number of hydrogen-bond donors (Lipinski definition) is 0. The normalized spacial score (nSPS) is 14.2. The van der Waals surface area contributed by atoms with Crippen LogP contribution in [0, 0.1) is 0 Å². The lowest BCUT2D eigenvalue weighted by atomic mass is 10.1. The van der Waals surface area contributed by atoms with Gasteiger partial charge in [-0.3, -0.25) is 0 Å². The predicted molar refractivity (Wildman–Crippen MR) is 111 cm³/mol. The molecular weight excluding hydrogens is 382 g/mol. The SMILES string of the molecule is COc1ccc2nnc(Cc3cccc(-c4ncc(N5CCOCC5)cn4)c3)n2n1. The lowest BCUT2D eigenvalue weighted by molar-refractivity contribution is 0.122. The van der Waals surface area contributed by atoms with Crippen molar-refractivity contribution in [2.45, 2.75) is 6.42 Å². The molecule has 4 aromatic rings. The highest BCUT2D eigenvalue weighted by atomic mass is 16.5. The van der Waals surface area contributed by atoms with Crippen LogP contribution >= 0.6 is 0 Å². The molecule has 0 bridgehead atoms. The molecule has 0 aliphatic carbocycles. The van der Waals surface area contributed by atoms with E-state index in [9.17, 15) is 0 Å². The molecule has 5 rings (SSSR count). The summed E-state index contributed by atoms with van der Waals surface area (Å²) in [6, 6.07) is 11.7. The maximum atomic E-state index is 5.40. The first-order valence-corrected chi connectivity index (χ1v) is 9.79. The third kappa shape index (κ3) is 3.67. The highest BCUT2D eigenvalue weighted by Crippen LogP contribution is 2.21. The van der Waals surface area contributed by atoms with E-state index in [1.165, 1.54) is 0 Å². The van der Waals surface area contributed by atoms with E-state index >= 15 is 0 Å². The molecule has 9 heteroatoms. The van der Waals surface area contributed by atoms with Crippen LogP contribution in [0.1, 0.15) is 11.4 Å². The standard InChI is InChI=1S/C21H21N7O2/c1-29-20-6-5-18-24-25-19(28(18)26-20)12-15-3-2-4-16(11-15)21-22-13-17(14-23-21)27-7-9-30-10-8-27/h2-6,11,13-14H,7-10,12H2,1H3. The van der Waals surface area contributed by atoms with Crippen molar-refractivity contribution in [1.82, 2.24) is 29.8 Å². The number of fused-ring (bicyclic) bond motifs is 1. The summed E-state index contributed by atoms with van der Waals surface area (Å²) in [6.45, 7) is 3.20. The van der Waals surface area contributed by atoms with Crippen LogP contribution in [0.3, 0.4) is 0 Å². The number of benzene rings is 1. The molecule has 0 N–H and O–H groups in total. The molecule has 0 radical (unpaired) electrons. The fraction of sp³-hybridized carbons (Fsp3) is 0.286. The van der Waals surface area contributed by atoms with Crippen molar-refractivity contribution < 1.29 is 9.47 Å². The smallest absolute Gasteiger partial charge is 0.231 e. The van der Waals surface area contributed by atoms with Crippen LogP contribution in [0.25, 0.3) is 17.0 Å². The minimum atomic E-state index is 0.519. The third-order valence-electron chi connectivity index (χ3n) is 5.07. The Morgan fingerprint density at radius 3 is 2.67 bits per heavy atom. The first-order chi connectivity index (χ1) is 14.8. The van der Waals surface area contributed by atoms with Crippen LogP contribution in [0.4, 0.5) is 5.69 Å². The van der Waals surface area contributed by atoms with Crippen molar-refractivity contribution in [2.24, 2.45) is 0 Å². The molecular formula is C21H21N7O2. The molecule has 9 nitrogen and oxygen atoms in total. The second kappa shape index (κ2) is 8.03. The molecule has 30 heavy (non-hydrogen) atoms. The number of hydrogen-bond acceptors (Lipinski definition) is 8. The minimum Gasteiger partial charge on any atom is -0.480 e. The Labute approximate surface area is 173 Å². The van der Waals surface area contributed by atoms with E-state index in [0.717, 1.165) is 48.9 Å². The van der Waals surface area contributed by atoms with Gasteiger partial charge < -0.3 is 14.4 Å². The minimum absolute atomic E-state index is 0.519. The van der Waals surface area contributed by atoms with Gasteiger partial charge >= 0.3 is 0 Å². The van der Waals surface area contributed by atoms with E-state index in [-0.39, 0.29) is 0 Å². The first-order valence-electron chi connectivity index (χ1n) is 9.79. The summed E-state index contributed by atoms with van der Waals surface area (Å²) in [7, 11) is 1.59. The van der Waals surface area contributed by atoms with Crippen LogP contribution in [0.5, 0.6) is 5.88 Å². The molecule has 1 saturated heterocycles. The fourth-order valence-electron chi connectivity index (χ4n) is 3.49. The van der Waals surface area contributed by atoms with Crippen molar-refractivity contribution in [1.29, 1.82) is 0 Å². The first kappa shape index (κ1) is 18.4. The molecule has 1 aliphatic rings. The van der Waals surface area contributed by atoms with E-state index < -0.39 is 0 Å². The molecule has 0 unspecified atom stereocenters. The summed E-state index contributed by atoms with van der Waals surface area (Å²) in [5.41, 5.74) is 3.74. The topological polar surface area (TPSA) is 90.6 Å². The summed E-state index contributed by atoms with van der Waals surface area (Å²) in [4.78, 5) is 11.4. The van der Waals surface area contributed by atoms with Gasteiger partial charge in [-0.2, -0.15) is 4.52 Å². The maximum Gasteiger partial charge on any atom is 0.231 e. The number of nitrogens with zero attached hydrogens (tertiary/aromatic N) is 7. The van der Waals surface area contributed by atoms with Crippen LogP contribution in [0.2, 0.25) is 0 Å². The Kier molecular flexibility index (Phi) is 4.94. The number of methoxy groups -OCH3 is 1. The van der Waals surface area contributed by atoms with Gasteiger partial charge in [0.25, 0.3) is 0 Å². The lowest BCUT2D eigenvalue weighted by Gasteiger charge is -2.28. The van der Waals surface area contributed by atoms with Crippen molar-refractivity contribution in [2.75, 3.05) is 38.3 Å². The number of ether oxygens (including phenoxy) is 2. The Balaban J connectivity index is 1.38. The second-order valence-corrected chi connectivity index (χ2v) is 7.00. The molecule has 1 aromatic carbocycles. The van der Waals surface area contributed by atoms with Crippen molar-refractivity contribution in [3.63, 3.8) is 0 Å². The molecule has 0 spiro atoms. The van der Waals surface area contributed by atoms with E-state index in [1.807, 2.05) is 36.7 Å². The van der Waals surface area contributed by atoms with Gasteiger partial charge in [0.15, 0.2) is 17.3 Å². The Morgan fingerprint density at radius 1 is 1.03 bits per heavy atom. The van der Waals surface area contributed by atoms with Gasteiger partial charge in [-0.25, -0.2) is 9.97 Å². The zero-order chi connectivity index (χ0) is 20.3. The van der Waals surface area contributed by atoms with Crippen LogP contribution < -0.4 is 9.64 Å². The van der Waals surface area contributed by atoms with Gasteiger partial charge in [-0.05, 0) is 17.7 Å². The molecule has 1 aliphatic heterocycles. The predicted octanol–water partition coefficient (Wildman–Crippen LogP) is 2.02. The van der Waals surface area contributed by atoms with Crippen LogP contribution in [0.15, 0.2) is 48.8 Å². The van der Waals surface area contributed by atoms with Crippen molar-refractivity contribution >= 4 is 11.3 Å². The molecule has 0 saturated carbocycles. The largest absolute Gasteiger partial charge is 0.480 e. The van der Waals surface area contributed by atoms with Crippen molar-refractivity contribution in [3.8, 4) is 17.3 Å². The summed E-state index contributed by atoms with van der Waals surface area (Å²) in [5.74, 6) is 1.95. The Morgan fingerprint density at radius 2 is 1.87 bits per heavy atom. The molecule has 152 valence electrons. The van der Waals surface area contributed by atoms with E-state index in [2.05, 4.69) is 36.2 Å². The van der Waals surface area contributed by atoms with E-state index in [4.69, 9.17) is 9.47 Å². The molecule has 3 aromatic heterocycles. The zero-order valence-corrected chi connectivity index (χ0v) is 16.6. The second-order valence-electron chi connectivity index (χ2n) is 7.00. The number of aromatic nitrogens is 6. The van der Waals surface area contributed by atoms with Gasteiger partial charge in [0.05, 0.1) is 38.4 Å². The van der Waals surface area contributed by atoms with Gasteiger partial charge in [0.2, 0.25) is 5.88 Å². The molecule has 4 heterocycles. The maximum absolute atomic E-state index is 5.40. The number of morpholine rings is 1. The van der Waals surface area contributed by atoms with Crippen LogP contribution in [-0.4, -0.2) is 63.2 Å². The highest BCUT2D eigenvalue weighted by molar-refractivity contribution is 5.58. The molecule has 1 fully saturated rings. The highest BCUT2D eigenvalue weighted by Gasteiger charge is 2.13. The van der Waals surface area contributed by atoms with Gasteiger partial charge in [0, 0.05) is 31.1 Å². The van der Waals surface area contributed by atoms with E-state index in [0.29, 0.717) is 23.8 Å². The van der Waals surface area contributed by atoms with E-state index in [1.54, 1.807) is 17.7 Å². The average molecular weight is 403 g/mol. The van der Waals surface area contributed by atoms with Gasteiger partial charge in [-0.1, -0.05) is 18.2 Å². The quantitative estimate of drug-likeness (QED) is 0.500. The fourth-order valence-corrected chi connectivity index (χ4v) is 3.49. The number of anilines is 1. The number of rotatable bonds is 5. The van der Waals surface area contributed by atoms with Gasteiger partial charge in [0.1, 0.15) is 0 Å². The van der Waals surface area contributed by atoms with Gasteiger partial charge in [-0.15, -0.1) is 15.3 Å². The summed E-state index contributed by atoms with van der Waals surface area (Å²) >= 11 is 0. The summed E-state index contributed by atoms with van der Waals surface area (Å²) in [5, 5.41) is 12.9. The van der Waals surface area contributed by atoms with Crippen LogP contribution in [-0.2, 0) is 11.2 Å². The molecule has 0 amide bonds. The summed E-state index contributed by atoms with van der Waals surface area (Å²) in [6.07, 6.45) is 4.34. The van der Waals surface area contributed by atoms with Crippen molar-refractivity contribution in [3.05, 3.63) is 60.2 Å². The molecule has 0 atom stereocenters. The lowest BCUT2D eigenvalue weighted by Crippen LogP contribution is -2.36. The zero-order valence-electron chi connectivity index (χ0n) is 16.6.